The smallest absolute Gasteiger partial charge is 0.233 e. The predicted molar refractivity (Wildman–Crippen MR) is 105 cm³/mol. The average Bonchev–Trinajstić information content (AvgIpc) is 3.26. The maximum Gasteiger partial charge on any atom is 0.233 e. The van der Waals surface area contributed by atoms with Crippen LogP contribution in [0.3, 0.4) is 0 Å². The topological polar surface area (TPSA) is 38.1 Å². The molecule has 2 heterocycles. The number of nitrogens with zero attached hydrogens (tertiary/aromatic N) is 3. The average molecular weight is 372 g/mol. The van der Waals surface area contributed by atoms with Crippen LogP contribution < -0.4 is 0 Å². The van der Waals surface area contributed by atoms with E-state index in [0.29, 0.717) is 12.3 Å². The largest absolute Gasteiger partial charge is 0.340 e. The molecular formula is C19H21N3OS2. The number of thioether (sulfide) groups is 1. The highest BCUT2D eigenvalue weighted by molar-refractivity contribution is 7.99. The number of carbonyl (C=O) groups excluding carboxylic acids is 1. The highest BCUT2D eigenvalue weighted by atomic mass is 32.2. The van der Waals surface area contributed by atoms with E-state index < -0.39 is 0 Å². The van der Waals surface area contributed by atoms with E-state index in [4.69, 9.17) is 0 Å². The summed E-state index contributed by atoms with van der Waals surface area (Å²) in [7, 11) is 1.85. The zero-order valence-corrected chi connectivity index (χ0v) is 16.2. The predicted octanol–water partition coefficient (Wildman–Crippen LogP) is 4.30. The molecule has 0 saturated carbocycles. The van der Waals surface area contributed by atoms with Crippen LogP contribution >= 0.6 is 23.1 Å². The summed E-state index contributed by atoms with van der Waals surface area (Å²) in [5.74, 6) is 0.484. The Morgan fingerprint density at radius 2 is 2.12 bits per heavy atom. The number of aryl methyl sites for hydroxylation is 1. The molecule has 1 aromatic carbocycles. The second-order valence-electron chi connectivity index (χ2n) is 5.92. The van der Waals surface area contributed by atoms with Crippen LogP contribution in [-0.4, -0.2) is 33.2 Å². The third kappa shape index (κ3) is 4.14. The molecule has 3 aromatic rings. The fourth-order valence-electron chi connectivity index (χ4n) is 2.54. The summed E-state index contributed by atoms with van der Waals surface area (Å²) >= 11 is 3.15. The number of aromatic nitrogens is 2. The Kier molecular flexibility index (Phi) is 5.60. The molecule has 0 radical (unpaired) electrons. The van der Waals surface area contributed by atoms with E-state index in [-0.39, 0.29) is 5.91 Å². The normalized spacial score (nSPS) is 10.8. The first-order valence-corrected chi connectivity index (χ1v) is 9.92. The summed E-state index contributed by atoms with van der Waals surface area (Å²) in [5.41, 5.74) is 3.58. The molecule has 0 aliphatic heterocycles. The van der Waals surface area contributed by atoms with E-state index in [2.05, 4.69) is 41.6 Å². The summed E-state index contributed by atoms with van der Waals surface area (Å²) in [5, 5.41) is 2.87. The molecule has 0 saturated heterocycles. The van der Waals surface area contributed by atoms with Gasteiger partial charge in [-0.1, -0.05) is 30.0 Å². The Balaban J connectivity index is 1.67. The fraction of sp³-hybridized carbons (Fsp3) is 0.263. The summed E-state index contributed by atoms with van der Waals surface area (Å²) in [6, 6.07) is 10.3. The molecule has 130 valence electrons. The second-order valence-corrected chi connectivity index (χ2v) is 7.89. The first kappa shape index (κ1) is 17.8. The monoisotopic (exact) mass is 371 g/mol. The van der Waals surface area contributed by atoms with E-state index in [0.717, 1.165) is 10.8 Å². The maximum absolute atomic E-state index is 12.4. The summed E-state index contributed by atoms with van der Waals surface area (Å²) in [6.07, 6.45) is 3.73. The van der Waals surface area contributed by atoms with Gasteiger partial charge in [0.2, 0.25) is 5.91 Å². The summed E-state index contributed by atoms with van der Waals surface area (Å²) in [4.78, 5) is 19.8. The van der Waals surface area contributed by atoms with Crippen molar-refractivity contribution in [3.63, 3.8) is 0 Å². The molecule has 0 aliphatic rings. The number of carbonyl (C=O) groups is 1. The minimum atomic E-state index is 0.105. The molecule has 0 N–H and O–H groups in total. The fourth-order valence-corrected chi connectivity index (χ4v) is 4.20. The Morgan fingerprint density at radius 3 is 2.88 bits per heavy atom. The zero-order chi connectivity index (χ0) is 17.8. The van der Waals surface area contributed by atoms with Crippen LogP contribution in [-0.2, 0) is 11.3 Å². The van der Waals surface area contributed by atoms with Crippen molar-refractivity contribution >= 4 is 29.0 Å². The van der Waals surface area contributed by atoms with Crippen molar-refractivity contribution in [2.24, 2.45) is 0 Å². The van der Waals surface area contributed by atoms with Crippen molar-refractivity contribution in [2.45, 2.75) is 25.5 Å². The van der Waals surface area contributed by atoms with Crippen molar-refractivity contribution < 1.29 is 4.79 Å². The highest BCUT2D eigenvalue weighted by Gasteiger charge is 2.14. The zero-order valence-electron chi connectivity index (χ0n) is 14.6. The molecule has 0 aliphatic carbocycles. The first-order valence-electron chi connectivity index (χ1n) is 8.05. The summed E-state index contributed by atoms with van der Waals surface area (Å²) < 4.78 is 2.06. The van der Waals surface area contributed by atoms with Gasteiger partial charge in [0.25, 0.3) is 0 Å². The first-order chi connectivity index (χ1) is 12.1. The number of imidazole rings is 1. The molecule has 0 fully saturated rings. The molecule has 25 heavy (non-hydrogen) atoms. The number of rotatable bonds is 6. The van der Waals surface area contributed by atoms with Crippen molar-refractivity contribution in [3.05, 3.63) is 64.1 Å². The van der Waals surface area contributed by atoms with E-state index in [9.17, 15) is 4.79 Å². The highest BCUT2D eigenvalue weighted by Crippen LogP contribution is 2.24. The Hall–Kier alpha value is -2.05. The van der Waals surface area contributed by atoms with Gasteiger partial charge in [-0.3, -0.25) is 9.36 Å². The number of hydrogen-bond donors (Lipinski definition) is 0. The van der Waals surface area contributed by atoms with Crippen LogP contribution in [0, 0.1) is 13.8 Å². The lowest BCUT2D eigenvalue weighted by molar-refractivity contribution is -0.127. The van der Waals surface area contributed by atoms with Gasteiger partial charge in [0, 0.05) is 24.3 Å². The van der Waals surface area contributed by atoms with E-state index in [1.165, 1.54) is 27.8 Å². The van der Waals surface area contributed by atoms with Gasteiger partial charge < -0.3 is 4.90 Å². The van der Waals surface area contributed by atoms with Crippen molar-refractivity contribution in [3.8, 4) is 5.69 Å². The van der Waals surface area contributed by atoms with Crippen molar-refractivity contribution in [1.29, 1.82) is 0 Å². The molecular weight excluding hydrogens is 350 g/mol. The molecule has 0 atom stereocenters. The molecule has 4 nitrogen and oxygen atoms in total. The molecule has 1 amide bonds. The standard InChI is InChI=1S/C19H21N3OS2/c1-14-6-4-8-17(15(14)2)22-10-9-20-19(22)25-13-18(23)21(3)12-16-7-5-11-24-16/h4-11H,12-13H2,1-3H3. The van der Waals surface area contributed by atoms with Crippen LogP contribution in [0.4, 0.5) is 0 Å². The van der Waals surface area contributed by atoms with E-state index in [1.807, 2.05) is 30.8 Å². The maximum atomic E-state index is 12.4. The van der Waals surface area contributed by atoms with Crippen LogP contribution in [0.2, 0.25) is 0 Å². The number of hydrogen-bond acceptors (Lipinski definition) is 4. The van der Waals surface area contributed by atoms with Gasteiger partial charge >= 0.3 is 0 Å². The van der Waals surface area contributed by atoms with Gasteiger partial charge in [0.1, 0.15) is 0 Å². The lowest BCUT2D eigenvalue weighted by atomic mass is 10.1. The van der Waals surface area contributed by atoms with Crippen LogP contribution in [0.25, 0.3) is 5.69 Å². The third-order valence-corrected chi connectivity index (χ3v) is 5.98. The number of benzene rings is 1. The molecule has 3 rings (SSSR count). The van der Waals surface area contributed by atoms with Crippen molar-refractivity contribution in [1.82, 2.24) is 14.5 Å². The Morgan fingerprint density at radius 1 is 1.28 bits per heavy atom. The van der Waals surface area contributed by atoms with Gasteiger partial charge in [-0.2, -0.15) is 0 Å². The third-order valence-electron chi connectivity index (χ3n) is 4.17. The van der Waals surface area contributed by atoms with Crippen LogP contribution in [0.5, 0.6) is 0 Å². The van der Waals surface area contributed by atoms with Gasteiger partial charge in [-0.05, 0) is 42.5 Å². The lowest BCUT2D eigenvalue weighted by Crippen LogP contribution is -2.27. The minimum Gasteiger partial charge on any atom is -0.340 e. The van der Waals surface area contributed by atoms with Gasteiger partial charge in [0.15, 0.2) is 5.16 Å². The molecule has 6 heteroatoms. The van der Waals surface area contributed by atoms with Crippen LogP contribution in [0.1, 0.15) is 16.0 Å². The molecule has 2 aromatic heterocycles. The number of thiophene rings is 1. The van der Waals surface area contributed by atoms with Gasteiger partial charge in [-0.15, -0.1) is 11.3 Å². The molecule has 0 spiro atoms. The Bertz CT molecular complexity index is 855. The molecule has 0 unspecified atom stereocenters. The van der Waals surface area contributed by atoms with Gasteiger partial charge in [0.05, 0.1) is 18.0 Å². The SMILES string of the molecule is Cc1cccc(-n2ccnc2SCC(=O)N(C)Cc2cccs2)c1C. The summed E-state index contributed by atoms with van der Waals surface area (Å²) in [6.45, 7) is 4.87. The second kappa shape index (κ2) is 7.89. The molecule has 0 bridgehead atoms. The lowest BCUT2D eigenvalue weighted by Gasteiger charge is -2.16. The van der Waals surface area contributed by atoms with Crippen molar-refractivity contribution in [2.75, 3.05) is 12.8 Å². The van der Waals surface area contributed by atoms with Gasteiger partial charge in [-0.25, -0.2) is 4.98 Å². The minimum absolute atomic E-state index is 0.105. The number of amides is 1. The van der Waals surface area contributed by atoms with Crippen LogP contribution in [0.15, 0.2) is 53.3 Å². The quantitative estimate of drug-likeness (QED) is 0.606. The Labute approximate surface area is 156 Å². The van der Waals surface area contributed by atoms with E-state index in [1.54, 1.807) is 22.4 Å². The van der Waals surface area contributed by atoms with E-state index >= 15 is 0 Å².